The van der Waals surface area contributed by atoms with Gasteiger partial charge in [-0.05, 0) is 43.9 Å². The molecule has 3 aromatic rings. The lowest BCUT2D eigenvalue weighted by Gasteiger charge is -2.22. The van der Waals surface area contributed by atoms with E-state index >= 15 is 0 Å². The van der Waals surface area contributed by atoms with Crippen LogP contribution >= 0.6 is 11.3 Å². The number of nitrogens with zero attached hydrogens (tertiary/aromatic N) is 4. The summed E-state index contributed by atoms with van der Waals surface area (Å²) < 4.78 is 11.9. The molecule has 0 aliphatic carbocycles. The molecule has 3 heterocycles. The molecule has 9 nitrogen and oxygen atoms in total. The standard InChI is InChI=1S/C21H25N5O4S/c1-13-11-18(27)26-20(23-13)31-21(24-26)25-10-4-5-15(25)19(28)22-9-8-14-6-7-16(29-2)17(12-14)30-3/h6-7,11-12,15H,4-5,8-10H2,1-3H3,(H,22,28). The van der Waals surface area contributed by atoms with E-state index in [2.05, 4.69) is 15.4 Å². The summed E-state index contributed by atoms with van der Waals surface area (Å²) in [6.45, 7) is 3.02. The van der Waals surface area contributed by atoms with Crippen molar-refractivity contribution in [1.29, 1.82) is 0 Å². The summed E-state index contributed by atoms with van der Waals surface area (Å²) in [7, 11) is 3.20. The minimum absolute atomic E-state index is 0.0336. The number of aromatic nitrogens is 3. The average Bonchev–Trinajstić information content (AvgIpc) is 3.40. The van der Waals surface area contributed by atoms with E-state index in [1.54, 1.807) is 21.1 Å². The van der Waals surface area contributed by atoms with Crippen LogP contribution in [0.2, 0.25) is 0 Å². The Kier molecular flexibility index (Phi) is 6.08. The molecule has 1 atom stereocenters. The highest BCUT2D eigenvalue weighted by Crippen LogP contribution is 2.29. The second-order valence-corrected chi connectivity index (χ2v) is 8.33. The Bertz CT molecular complexity index is 1160. The summed E-state index contributed by atoms with van der Waals surface area (Å²) in [6.07, 6.45) is 2.32. The van der Waals surface area contributed by atoms with E-state index in [0.717, 1.165) is 24.9 Å². The Balaban J connectivity index is 1.42. The van der Waals surface area contributed by atoms with E-state index in [9.17, 15) is 9.59 Å². The number of ether oxygens (including phenoxy) is 2. The first kappa shape index (κ1) is 21.1. The SMILES string of the molecule is COc1ccc(CCNC(=O)C2CCCN2c2nn3c(=O)cc(C)nc3s2)cc1OC. The van der Waals surface area contributed by atoms with Crippen LogP contribution < -0.4 is 25.2 Å². The second-order valence-electron chi connectivity index (χ2n) is 7.40. The zero-order valence-corrected chi connectivity index (χ0v) is 18.6. The van der Waals surface area contributed by atoms with Crippen LogP contribution in [0.1, 0.15) is 24.1 Å². The van der Waals surface area contributed by atoms with Crippen molar-refractivity contribution < 1.29 is 14.3 Å². The lowest BCUT2D eigenvalue weighted by molar-refractivity contribution is -0.122. The summed E-state index contributed by atoms with van der Waals surface area (Å²) in [6, 6.07) is 6.89. The van der Waals surface area contributed by atoms with Crippen LogP contribution in [0.5, 0.6) is 11.5 Å². The zero-order chi connectivity index (χ0) is 22.0. The maximum Gasteiger partial charge on any atom is 0.275 e. The average molecular weight is 444 g/mol. The summed E-state index contributed by atoms with van der Waals surface area (Å²) >= 11 is 1.33. The molecule has 0 radical (unpaired) electrons. The number of carbonyl (C=O) groups excluding carboxylic acids is 1. The molecule has 1 aliphatic heterocycles. The predicted molar refractivity (Wildman–Crippen MR) is 118 cm³/mol. The first-order valence-electron chi connectivity index (χ1n) is 10.1. The van der Waals surface area contributed by atoms with Gasteiger partial charge in [0.1, 0.15) is 6.04 Å². The third kappa shape index (κ3) is 4.34. The molecule has 31 heavy (non-hydrogen) atoms. The molecular weight excluding hydrogens is 418 g/mol. The van der Waals surface area contributed by atoms with Crippen molar-refractivity contribution in [2.45, 2.75) is 32.2 Å². The predicted octanol–water partition coefficient (Wildman–Crippen LogP) is 1.80. The van der Waals surface area contributed by atoms with Gasteiger partial charge in [0.15, 0.2) is 11.5 Å². The van der Waals surface area contributed by atoms with E-state index in [-0.39, 0.29) is 17.5 Å². The minimum atomic E-state index is -0.303. The maximum atomic E-state index is 12.9. The highest BCUT2D eigenvalue weighted by molar-refractivity contribution is 7.20. The van der Waals surface area contributed by atoms with E-state index in [0.29, 0.717) is 40.3 Å². The monoisotopic (exact) mass is 443 g/mol. The molecule has 4 rings (SSSR count). The smallest absolute Gasteiger partial charge is 0.275 e. The molecule has 1 amide bonds. The normalized spacial score (nSPS) is 16.0. The van der Waals surface area contributed by atoms with Gasteiger partial charge in [0.05, 0.1) is 14.2 Å². The molecule has 10 heteroatoms. The number of anilines is 1. The lowest BCUT2D eigenvalue weighted by Crippen LogP contribution is -2.44. The summed E-state index contributed by atoms with van der Waals surface area (Å²) in [5.74, 6) is 1.31. The zero-order valence-electron chi connectivity index (χ0n) is 17.8. The van der Waals surface area contributed by atoms with E-state index in [4.69, 9.17) is 9.47 Å². The number of aryl methyl sites for hydroxylation is 1. The number of amides is 1. The molecule has 164 valence electrons. The molecule has 0 saturated carbocycles. The number of fused-ring (bicyclic) bond motifs is 1. The van der Waals surface area contributed by atoms with Crippen molar-refractivity contribution in [2.24, 2.45) is 0 Å². The third-order valence-corrected chi connectivity index (χ3v) is 6.27. The number of hydrogen-bond donors (Lipinski definition) is 1. The Labute approximate surface area is 183 Å². The van der Waals surface area contributed by atoms with Crippen molar-refractivity contribution in [1.82, 2.24) is 19.9 Å². The Morgan fingerprint density at radius 2 is 2.06 bits per heavy atom. The fourth-order valence-electron chi connectivity index (χ4n) is 3.78. The van der Waals surface area contributed by atoms with Gasteiger partial charge in [-0.2, -0.15) is 4.52 Å². The molecule has 1 aliphatic rings. The number of carbonyl (C=O) groups is 1. The first-order valence-corrected chi connectivity index (χ1v) is 10.9. The van der Waals surface area contributed by atoms with Gasteiger partial charge in [-0.25, -0.2) is 4.98 Å². The molecular formula is C21H25N5O4S. The van der Waals surface area contributed by atoms with Crippen LogP contribution in [0.3, 0.4) is 0 Å². The van der Waals surface area contributed by atoms with Crippen LogP contribution in [0.4, 0.5) is 5.13 Å². The van der Waals surface area contributed by atoms with E-state index in [1.807, 2.05) is 23.1 Å². The third-order valence-electron chi connectivity index (χ3n) is 5.32. The summed E-state index contributed by atoms with van der Waals surface area (Å²) in [4.78, 5) is 31.9. The maximum absolute atomic E-state index is 12.9. The highest BCUT2D eigenvalue weighted by atomic mass is 32.1. The van der Waals surface area contributed by atoms with Gasteiger partial charge >= 0.3 is 0 Å². The van der Waals surface area contributed by atoms with Crippen molar-refractivity contribution in [3.63, 3.8) is 0 Å². The van der Waals surface area contributed by atoms with Crippen LogP contribution in [-0.4, -0.2) is 53.9 Å². The minimum Gasteiger partial charge on any atom is -0.493 e. The molecule has 0 bridgehead atoms. The molecule has 1 aromatic carbocycles. The van der Waals surface area contributed by atoms with Crippen molar-refractivity contribution in [2.75, 3.05) is 32.2 Å². The Morgan fingerprint density at radius 1 is 1.26 bits per heavy atom. The Hall–Kier alpha value is -3.14. The summed E-state index contributed by atoms with van der Waals surface area (Å²) in [5.41, 5.74) is 1.50. The lowest BCUT2D eigenvalue weighted by atomic mass is 10.1. The van der Waals surface area contributed by atoms with Gasteiger partial charge < -0.3 is 19.7 Å². The quantitative estimate of drug-likeness (QED) is 0.595. The van der Waals surface area contributed by atoms with Crippen LogP contribution in [0.25, 0.3) is 4.96 Å². The fraction of sp³-hybridized carbons (Fsp3) is 0.429. The molecule has 0 spiro atoms. The number of rotatable bonds is 7. The fourth-order valence-corrected chi connectivity index (χ4v) is 4.81. The topological polar surface area (TPSA) is 98.1 Å². The van der Waals surface area contributed by atoms with E-state index in [1.165, 1.54) is 21.9 Å². The largest absolute Gasteiger partial charge is 0.493 e. The second kappa shape index (κ2) is 8.93. The van der Waals surface area contributed by atoms with Gasteiger partial charge in [0, 0.05) is 24.8 Å². The summed E-state index contributed by atoms with van der Waals surface area (Å²) in [5, 5.41) is 8.09. The van der Waals surface area contributed by atoms with E-state index < -0.39 is 0 Å². The van der Waals surface area contributed by atoms with Crippen LogP contribution in [-0.2, 0) is 11.2 Å². The molecule has 1 N–H and O–H groups in total. The molecule has 1 unspecified atom stereocenters. The van der Waals surface area contributed by atoms with Gasteiger partial charge in [-0.15, -0.1) is 5.10 Å². The van der Waals surface area contributed by atoms with Crippen molar-refractivity contribution >= 4 is 27.3 Å². The highest BCUT2D eigenvalue weighted by Gasteiger charge is 2.33. The number of benzene rings is 1. The van der Waals surface area contributed by atoms with Gasteiger partial charge in [-0.3, -0.25) is 9.59 Å². The number of methoxy groups -OCH3 is 2. The first-order chi connectivity index (χ1) is 15.0. The van der Waals surface area contributed by atoms with Crippen molar-refractivity contribution in [3.05, 3.63) is 45.9 Å². The van der Waals surface area contributed by atoms with Crippen molar-refractivity contribution in [3.8, 4) is 11.5 Å². The number of nitrogens with one attached hydrogen (secondary N) is 1. The van der Waals surface area contributed by atoms with Gasteiger partial charge in [0.2, 0.25) is 16.0 Å². The number of hydrogen-bond acceptors (Lipinski definition) is 8. The molecule has 1 fully saturated rings. The van der Waals surface area contributed by atoms with Crippen LogP contribution in [0.15, 0.2) is 29.1 Å². The van der Waals surface area contributed by atoms with Crippen LogP contribution in [0, 0.1) is 6.92 Å². The molecule has 1 saturated heterocycles. The van der Waals surface area contributed by atoms with Gasteiger partial charge in [0.25, 0.3) is 5.56 Å². The Morgan fingerprint density at radius 3 is 2.84 bits per heavy atom. The van der Waals surface area contributed by atoms with Gasteiger partial charge in [-0.1, -0.05) is 17.4 Å². The molecule has 2 aromatic heterocycles.